The van der Waals surface area contributed by atoms with Gasteiger partial charge in [0.15, 0.2) is 0 Å². The number of nitrogens with zero attached hydrogens (tertiary/aromatic N) is 1. The van der Waals surface area contributed by atoms with Crippen LogP contribution in [0.5, 0.6) is 11.5 Å². The first-order valence-electron chi connectivity index (χ1n) is 11.6. The molecule has 2 rings (SSSR count). The fraction of sp³-hybridized carbons (Fsp3) is 0.462. The van der Waals surface area contributed by atoms with Gasteiger partial charge in [0, 0.05) is 13.1 Å². The Morgan fingerprint density at radius 2 is 1.32 bits per heavy atom. The van der Waals surface area contributed by atoms with Crippen LogP contribution in [-0.2, 0) is 27.2 Å². The number of esters is 2. The van der Waals surface area contributed by atoms with E-state index in [1.807, 2.05) is 53.4 Å². The molecule has 0 aliphatic carbocycles. The number of carbonyl (C=O) groups is 2. The number of hydrogen-bond donors (Lipinski definition) is 2. The van der Waals surface area contributed by atoms with Gasteiger partial charge in [0.05, 0.1) is 14.2 Å². The van der Waals surface area contributed by atoms with E-state index in [9.17, 15) is 9.59 Å². The molecule has 0 amide bonds. The lowest BCUT2D eigenvalue weighted by Gasteiger charge is -2.28. The molecule has 0 aromatic heterocycles. The maximum absolute atomic E-state index is 12.8. The van der Waals surface area contributed by atoms with Gasteiger partial charge < -0.3 is 25.7 Å². The molecule has 0 bridgehead atoms. The number of carbonyl (C=O) groups excluding carboxylic acids is 2. The van der Waals surface area contributed by atoms with Crippen LogP contribution in [0.1, 0.15) is 30.9 Å². The van der Waals surface area contributed by atoms with Gasteiger partial charge in [0.1, 0.15) is 23.6 Å². The van der Waals surface area contributed by atoms with Crippen LogP contribution in [0.25, 0.3) is 0 Å². The van der Waals surface area contributed by atoms with E-state index in [1.54, 1.807) is 21.1 Å². The second kappa shape index (κ2) is 14.3. The Labute approximate surface area is 202 Å². The van der Waals surface area contributed by atoms with Crippen molar-refractivity contribution in [2.24, 2.45) is 11.5 Å². The van der Waals surface area contributed by atoms with Crippen LogP contribution < -0.4 is 20.9 Å². The molecule has 2 aromatic carbocycles. The van der Waals surface area contributed by atoms with E-state index in [1.165, 1.54) is 0 Å². The molecule has 8 nitrogen and oxygen atoms in total. The summed E-state index contributed by atoms with van der Waals surface area (Å²) >= 11 is 0. The smallest absolute Gasteiger partial charge is 0.330 e. The van der Waals surface area contributed by atoms with E-state index in [2.05, 4.69) is 0 Å². The summed E-state index contributed by atoms with van der Waals surface area (Å²) in [5.74, 6) is 0.274. The summed E-state index contributed by atoms with van der Waals surface area (Å²) in [6, 6.07) is 14.2. The van der Waals surface area contributed by atoms with Crippen molar-refractivity contribution in [3.63, 3.8) is 0 Å². The number of hydrogen-bond acceptors (Lipinski definition) is 8. The summed E-state index contributed by atoms with van der Waals surface area (Å²) in [6.07, 6.45) is 2.44. The third-order valence-electron chi connectivity index (χ3n) is 5.81. The standard InChI is InChI=1S/C26H37N3O5/c1-19(25(30)34-26(31)24(28)5-4-16-27)29(17-14-20-6-10-22(32-2)11-7-20)18-15-21-8-12-23(33-3)13-9-21/h6-13,19,24H,4-5,14-18,27-28H2,1-3H3/t19-,24+/m0/s1. The second-order valence-electron chi connectivity index (χ2n) is 8.19. The summed E-state index contributed by atoms with van der Waals surface area (Å²) in [5.41, 5.74) is 13.5. The molecule has 0 aliphatic heterocycles. The third-order valence-corrected chi connectivity index (χ3v) is 5.81. The molecule has 0 spiro atoms. The predicted octanol–water partition coefficient (Wildman–Crippen LogP) is 2.32. The largest absolute Gasteiger partial charge is 0.497 e. The molecule has 0 saturated heterocycles. The Kier molecular flexibility index (Phi) is 11.5. The molecule has 2 atom stereocenters. The van der Waals surface area contributed by atoms with Crippen LogP contribution in [0.2, 0.25) is 0 Å². The molecule has 0 heterocycles. The first kappa shape index (κ1) is 27.3. The molecule has 34 heavy (non-hydrogen) atoms. The lowest BCUT2D eigenvalue weighted by atomic mass is 10.1. The average Bonchev–Trinajstić information content (AvgIpc) is 2.87. The van der Waals surface area contributed by atoms with Gasteiger partial charge in [-0.1, -0.05) is 24.3 Å². The monoisotopic (exact) mass is 471 g/mol. The zero-order chi connectivity index (χ0) is 24.9. The SMILES string of the molecule is COc1ccc(CCN(CCc2ccc(OC)cc2)[C@@H](C)C(=O)OC(=O)[C@H](N)CCCN)cc1. The van der Waals surface area contributed by atoms with Gasteiger partial charge in [-0.15, -0.1) is 0 Å². The van der Waals surface area contributed by atoms with E-state index in [0.717, 1.165) is 35.5 Å². The highest BCUT2D eigenvalue weighted by Crippen LogP contribution is 2.15. The molecule has 8 heteroatoms. The molecule has 186 valence electrons. The molecule has 0 saturated carbocycles. The quantitative estimate of drug-likeness (QED) is 0.318. The van der Waals surface area contributed by atoms with Crippen LogP contribution in [0.3, 0.4) is 0 Å². The predicted molar refractivity (Wildman–Crippen MR) is 132 cm³/mol. The van der Waals surface area contributed by atoms with Crippen molar-refractivity contribution < 1.29 is 23.8 Å². The van der Waals surface area contributed by atoms with Crippen molar-refractivity contribution in [1.29, 1.82) is 0 Å². The van der Waals surface area contributed by atoms with Crippen LogP contribution in [0.15, 0.2) is 48.5 Å². The number of methoxy groups -OCH3 is 2. The molecule has 0 fully saturated rings. The highest BCUT2D eigenvalue weighted by atomic mass is 16.6. The highest BCUT2D eigenvalue weighted by Gasteiger charge is 2.27. The Hall–Kier alpha value is -2.94. The Morgan fingerprint density at radius 3 is 1.74 bits per heavy atom. The zero-order valence-electron chi connectivity index (χ0n) is 20.4. The van der Waals surface area contributed by atoms with Gasteiger partial charge in [-0.2, -0.15) is 0 Å². The number of ether oxygens (including phenoxy) is 3. The van der Waals surface area contributed by atoms with Crippen molar-refractivity contribution >= 4 is 11.9 Å². The van der Waals surface area contributed by atoms with Crippen molar-refractivity contribution in [2.75, 3.05) is 33.9 Å². The molecule has 0 aliphatic rings. The lowest BCUT2D eigenvalue weighted by molar-refractivity contribution is -0.164. The zero-order valence-corrected chi connectivity index (χ0v) is 20.4. The van der Waals surface area contributed by atoms with Crippen LogP contribution >= 0.6 is 0 Å². The lowest BCUT2D eigenvalue weighted by Crippen LogP contribution is -2.45. The molecule has 0 radical (unpaired) electrons. The number of nitrogens with two attached hydrogens (primary N) is 2. The Bertz CT molecular complexity index is 835. The van der Waals surface area contributed by atoms with Crippen molar-refractivity contribution in [1.82, 2.24) is 4.90 Å². The van der Waals surface area contributed by atoms with Gasteiger partial charge in [-0.25, -0.2) is 9.59 Å². The van der Waals surface area contributed by atoms with E-state index in [0.29, 0.717) is 32.5 Å². The first-order valence-corrected chi connectivity index (χ1v) is 11.6. The summed E-state index contributed by atoms with van der Waals surface area (Å²) in [6.45, 7) is 3.41. The summed E-state index contributed by atoms with van der Waals surface area (Å²) in [5, 5.41) is 0. The van der Waals surface area contributed by atoms with E-state index in [4.69, 9.17) is 25.7 Å². The van der Waals surface area contributed by atoms with Gasteiger partial charge in [-0.05, 0) is 74.5 Å². The number of rotatable bonds is 14. The van der Waals surface area contributed by atoms with Crippen molar-refractivity contribution in [3.05, 3.63) is 59.7 Å². The van der Waals surface area contributed by atoms with Crippen molar-refractivity contribution in [3.8, 4) is 11.5 Å². The second-order valence-corrected chi connectivity index (χ2v) is 8.19. The summed E-state index contributed by atoms with van der Waals surface area (Å²) in [7, 11) is 3.26. The maximum atomic E-state index is 12.8. The average molecular weight is 472 g/mol. The minimum atomic E-state index is -0.855. The van der Waals surface area contributed by atoms with Gasteiger partial charge in [0.2, 0.25) is 0 Å². The molecule has 2 aromatic rings. The summed E-state index contributed by atoms with van der Waals surface area (Å²) < 4.78 is 15.5. The van der Waals surface area contributed by atoms with Crippen LogP contribution in [0, 0.1) is 0 Å². The van der Waals surface area contributed by atoms with E-state index in [-0.39, 0.29) is 0 Å². The van der Waals surface area contributed by atoms with E-state index >= 15 is 0 Å². The minimum Gasteiger partial charge on any atom is -0.497 e. The molecular weight excluding hydrogens is 434 g/mol. The maximum Gasteiger partial charge on any atom is 0.330 e. The summed E-state index contributed by atoms with van der Waals surface area (Å²) in [4.78, 5) is 27.0. The Balaban J connectivity index is 2.04. The molecule has 0 unspecified atom stereocenters. The van der Waals surface area contributed by atoms with Gasteiger partial charge in [-0.3, -0.25) is 4.90 Å². The third kappa shape index (κ3) is 8.78. The van der Waals surface area contributed by atoms with Crippen LogP contribution in [0.4, 0.5) is 0 Å². The molecular formula is C26H37N3O5. The Morgan fingerprint density at radius 1 is 0.853 bits per heavy atom. The van der Waals surface area contributed by atoms with Gasteiger partial charge >= 0.3 is 11.9 Å². The topological polar surface area (TPSA) is 117 Å². The molecule has 4 N–H and O–H groups in total. The van der Waals surface area contributed by atoms with Crippen molar-refractivity contribution in [2.45, 2.75) is 44.7 Å². The first-order chi connectivity index (χ1) is 16.4. The fourth-order valence-electron chi connectivity index (χ4n) is 3.49. The minimum absolute atomic E-state index is 0.385. The van der Waals surface area contributed by atoms with Gasteiger partial charge in [0.25, 0.3) is 0 Å². The highest BCUT2D eigenvalue weighted by molar-refractivity contribution is 5.90. The fourth-order valence-corrected chi connectivity index (χ4v) is 3.49. The normalized spacial score (nSPS) is 12.8. The van der Waals surface area contributed by atoms with E-state index < -0.39 is 24.0 Å². The number of benzene rings is 2. The van der Waals surface area contributed by atoms with Crippen LogP contribution in [-0.4, -0.2) is 62.8 Å².